The molecule has 1 N–H and O–H groups in total. The highest BCUT2D eigenvalue weighted by molar-refractivity contribution is 6.31. The summed E-state index contributed by atoms with van der Waals surface area (Å²) in [7, 11) is 0. The SMILES string of the molecule is Cc1c(Cl)cccc1NC(=O)N1Cc2ccccc2-n2cccc2[C@@H]1c1ccc(C(C)C)cc1. The standard InChI is InChI=1S/C29H28ClN3O/c1-19(2)21-13-15-22(16-14-21)28-27-12-7-17-32(27)26-11-5-4-8-23(26)18-33(28)29(34)31-25-10-6-9-24(30)20(25)3/h4-17,19,28H,18H2,1-3H3,(H,31,34)/t28-/m0/s1. The van der Waals surface area contributed by atoms with Gasteiger partial charge in [0.05, 0.1) is 18.3 Å². The van der Waals surface area contributed by atoms with Crippen LogP contribution in [0.4, 0.5) is 10.5 Å². The van der Waals surface area contributed by atoms with Crippen LogP contribution in [0.3, 0.4) is 0 Å². The van der Waals surface area contributed by atoms with Gasteiger partial charge < -0.3 is 14.8 Å². The molecule has 4 aromatic rings. The molecule has 5 heteroatoms. The molecule has 1 aliphatic rings. The Morgan fingerprint density at radius 1 is 0.971 bits per heavy atom. The van der Waals surface area contributed by atoms with Crippen molar-refractivity contribution >= 4 is 23.3 Å². The topological polar surface area (TPSA) is 37.3 Å². The predicted molar refractivity (Wildman–Crippen MR) is 139 cm³/mol. The zero-order valence-corrected chi connectivity index (χ0v) is 20.4. The Hall–Kier alpha value is -3.50. The highest BCUT2D eigenvalue weighted by Gasteiger charge is 2.33. The van der Waals surface area contributed by atoms with Crippen LogP contribution >= 0.6 is 11.6 Å². The van der Waals surface area contributed by atoms with Gasteiger partial charge in [0.15, 0.2) is 0 Å². The van der Waals surface area contributed by atoms with Crippen molar-refractivity contribution in [3.8, 4) is 5.69 Å². The zero-order chi connectivity index (χ0) is 23.8. The van der Waals surface area contributed by atoms with Crippen LogP contribution in [0.1, 0.15) is 53.8 Å². The van der Waals surface area contributed by atoms with E-state index in [9.17, 15) is 4.79 Å². The fourth-order valence-corrected chi connectivity index (χ4v) is 4.86. The predicted octanol–water partition coefficient (Wildman–Crippen LogP) is 7.70. The van der Waals surface area contributed by atoms with Crippen LogP contribution in [0, 0.1) is 6.92 Å². The maximum atomic E-state index is 13.8. The second-order valence-corrected chi connectivity index (χ2v) is 9.53. The molecule has 3 aromatic carbocycles. The number of urea groups is 1. The Morgan fingerprint density at radius 3 is 2.50 bits per heavy atom. The van der Waals surface area contributed by atoms with Gasteiger partial charge in [-0.3, -0.25) is 0 Å². The number of carbonyl (C=O) groups excluding carboxylic acids is 1. The molecule has 0 radical (unpaired) electrons. The number of amides is 2. The number of halogens is 1. The smallest absolute Gasteiger partial charge is 0.318 e. The summed E-state index contributed by atoms with van der Waals surface area (Å²) < 4.78 is 2.20. The fourth-order valence-electron chi connectivity index (χ4n) is 4.68. The van der Waals surface area contributed by atoms with Crippen LogP contribution in [-0.2, 0) is 6.54 Å². The van der Waals surface area contributed by atoms with E-state index in [1.807, 2.05) is 48.2 Å². The van der Waals surface area contributed by atoms with Gasteiger partial charge in [0, 0.05) is 22.6 Å². The van der Waals surface area contributed by atoms with Crippen molar-refractivity contribution in [1.82, 2.24) is 9.47 Å². The van der Waals surface area contributed by atoms with E-state index in [1.54, 1.807) is 0 Å². The maximum Gasteiger partial charge on any atom is 0.322 e. The van der Waals surface area contributed by atoms with Crippen molar-refractivity contribution in [2.75, 3.05) is 5.32 Å². The molecule has 0 bridgehead atoms. The lowest BCUT2D eigenvalue weighted by atomic mass is 9.97. The Kier molecular flexibility index (Phi) is 5.93. The first kappa shape index (κ1) is 22.3. The van der Waals surface area contributed by atoms with Crippen molar-refractivity contribution in [1.29, 1.82) is 0 Å². The molecule has 1 atom stereocenters. The second-order valence-electron chi connectivity index (χ2n) is 9.13. The van der Waals surface area contributed by atoms with Gasteiger partial charge in [0.2, 0.25) is 0 Å². The number of hydrogen-bond acceptors (Lipinski definition) is 1. The second kappa shape index (κ2) is 9.03. The van der Waals surface area contributed by atoms with Gasteiger partial charge in [-0.2, -0.15) is 0 Å². The summed E-state index contributed by atoms with van der Waals surface area (Å²) in [4.78, 5) is 15.8. The first-order chi connectivity index (χ1) is 16.4. The summed E-state index contributed by atoms with van der Waals surface area (Å²) in [6.07, 6.45) is 2.08. The Morgan fingerprint density at radius 2 is 1.74 bits per heavy atom. The number of nitrogens with one attached hydrogen (secondary N) is 1. The van der Waals surface area contributed by atoms with Crippen molar-refractivity contribution in [3.05, 3.63) is 118 Å². The van der Waals surface area contributed by atoms with Crippen LogP contribution in [0.25, 0.3) is 5.69 Å². The summed E-state index contributed by atoms with van der Waals surface area (Å²) in [5.41, 5.74) is 7.19. The third-order valence-electron chi connectivity index (χ3n) is 6.65. The molecule has 0 saturated carbocycles. The molecule has 0 aliphatic carbocycles. The molecule has 0 fully saturated rings. The van der Waals surface area contributed by atoms with E-state index in [0.29, 0.717) is 17.5 Å². The number of hydrogen-bond donors (Lipinski definition) is 1. The molecule has 172 valence electrons. The minimum absolute atomic E-state index is 0.159. The molecular weight excluding hydrogens is 442 g/mol. The normalized spacial score (nSPS) is 15.0. The molecule has 2 amide bonds. The third-order valence-corrected chi connectivity index (χ3v) is 7.06. The molecule has 0 spiro atoms. The monoisotopic (exact) mass is 469 g/mol. The van der Waals surface area contributed by atoms with E-state index in [2.05, 4.69) is 72.4 Å². The Balaban J connectivity index is 1.62. The average molecular weight is 470 g/mol. The first-order valence-corrected chi connectivity index (χ1v) is 12.0. The number of aromatic nitrogens is 1. The third kappa shape index (κ3) is 3.99. The van der Waals surface area contributed by atoms with Crippen LogP contribution in [0.2, 0.25) is 5.02 Å². The zero-order valence-electron chi connectivity index (χ0n) is 19.6. The number of rotatable bonds is 3. The molecule has 0 unspecified atom stereocenters. The number of benzene rings is 3. The number of anilines is 1. The first-order valence-electron chi connectivity index (χ1n) is 11.6. The van der Waals surface area contributed by atoms with E-state index in [0.717, 1.165) is 33.8 Å². The van der Waals surface area contributed by atoms with Crippen LogP contribution in [0.15, 0.2) is 85.1 Å². The number of fused-ring (bicyclic) bond motifs is 3. The lowest BCUT2D eigenvalue weighted by Crippen LogP contribution is -2.38. The number of carbonyl (C=O) groups is 1. The fraction of sp³-hybridized carbons (Fsp3) is 0.207. The van der Waals surface area contributed by atoms with Crippen LogP contribution in [-0.4, -0.2) is 15.5 Å². The maximum absolute atomic E-state index is 13.8. The van der Waals surface area contributed by atoms with Crippen molar-refractivity contribution in [3.63, 3.8) is 0 Å². The molecule has 0 saturated heterocycles. The van der Waals surface area contributed by atoms with Crippen LogP contribution in [0.5, 0.6) is 0 Å². The average Bonchev–Trinajstić information content (AvgIpc) is 3.26. The van der Waals surface area contributed by atoms with E-state index < -0.39 is 0 Å². The highest BCUT2D eigenvalue weighted by Crippen LogP contribution is 2.37. The number of para-hydroxylation sites is 1. The van der Waals surface area contributed by atoms with Gasteiger partial charge in [-0.25, -0.2) is 4.79 Å². The largest absolute Gasteiger partial charge is 0.322 e. The summed E-state index contributed by atoms with van der Waals surface area (Å²) in [6.45, 7) is 6.79. The van der Waals surface area contributed by atoms with Crippen molar-refractivity contribution in [2.45, 2.75) is 39.3 Å². The van der Waals surface area contributed by atoms with Gasteiger partial charge in [-0.15, -0.1) is 0 Å². The summed E-state index contributed by atoms with van der Waals surface area (Å²) in [5.74, 6) is 0.446. The summed E-state index contributed by atoms with van der Waals surface area (Å²) >= 11 is 6.33. The van der Waals surface area contributed by atoms with Gasteiger partial charge in [-0.1, -0.05) is 74.0 Å². The molecule has 2 heterocycles. The van der Waals surface area contributed by atoms with E-state index in [-0.39, 0.29) is 12.1 Å². The van der Waals surface area contributed by atoms with Gasteiger partial charge in [0.25, 0.3) is 0 Å². The van der Waals surface area contributed by atoms with E-state index in [4.69, 9.17) is 11.6 Å². The summed E-state index contributed by atoms with van der Waals surface area (Å²) in [6, 6.07) is 26.2. The summed E-state index contributed by atoms with van der Waals surface area (Å²) in [5, 5.41) is 3.76. The molecule has 1 aromatic heterocycles. The molecule has 34 heavy (non-hydrogen) atoms. The lowest BCUT2D eigenvalue weighted by Gasteiger charge is -2.31. The lowest BCUT2D eigenvalue weighted by molar-refractivity contribution is 0.194. The quantitative estimate of drug-likeness (QED) is 0.328. The molecule has 4 nitrogen and oxygen atoms in total. The molecular formula is C29H28ClN3O. The molecule has 1 aliphatic heterocycles. The van der Waals surface area contributed by atoms with Gasteiger partial charge >= 0.3 is 6.03 Å². The van der Waals surface area contributed by atoms with Crippen LogP contribution < -0.4 is 5.32 Å². The minimum Gasteiger partial charge on any atom is -0.318 e. The Bertz CT molecular complexity index is 1340. The number of nitrogens with zero attached hydrogens (tertiary/aromatic N) is 2. The van der Waals surface area contributed by atoms with Gasteiger partial charge in [0.1, 0.15) is 0 Å². The van der Waals surface area contributed by atoms with Crippen molar-refractivity contribution < 1.29 is 4.79 Å². The highest BCUT2D eigenvalue weighted by atomic mass is 35.5. The molecule has 5 rings (SSSR count). The minimum atomic E-state index is -0.247. The van der Waals surface area contributed by atoms with E-state index in [1.165, 1.54) is 5.56 Å². The van der Waals surface area contributed by atoms with Gasteiger partial charge in [-0.05, 0) is 65.4 Å². The van der Waals surface area contributed by atoms with E-state index >= 15 is 0 Å². The van der Waals surface area contributed by atoms with Crippen molar-refractivity contribution in [2.24, 2.45) is 0 Å². The Labute approximate surface area is 205 Å².